The van der Waals surface area contributed by atoms with Crippen LogP contribution in [-0.2, 0) is 4.79 Å². The first kappa shape index (κ1) is 19.1. The molecule has 2 heterocycles. The highest BCUT2D eigenvalue weighted by atomic mass is 16.1. The van der Waals surface area contributed by atoms with Crippen molar-refractivity contribution in [1.29, 1.82) is 0 Å². The lowest BCUT2D eigenvalue weighted by Crippen LogP contribution is -2.46. The molecule has 0 bridgehead atoms. The molecule has 142 valence electrons. The molecule has 1 saturated heterocycles. The molecule has 0 atom stereocenters. The molecule has 0 saturated carbocycles. The lowest BCUT2D eigenvalue weighted by molar-refractivity contribution is -0.116. The third-order valence-electron chi connectivity index (χ3n) is 4.70. The summed E-state index contributed by atoms with van der Waals surface area (Å²) in [4.78, 5) is 20.8. The van der Waals surface area contributed by atoms with Crippen molar-refractivity contribution in [2.24, 2.45) is 0 Å². The fraction of sp³-hybridized carbons (Fsp3) is 0.364. The second-order valence-corrected chi connectivity index (χ2v) is 6.80. The van der Waals surface area contributed by atoms with Crippen LogP contribution in [0.2, 0.25) is 0 Å². The van der Waals surface area contributed by atoms with Gasteiger partial charge in [-0.1, -0.05) is 49.4 Å². The van der Waals surface area contributed by atoms with Gasteiger partial charge in [-0.05, 0) is 24.1 Å². The smallest absolute Gasteiger partial charge is 0.225 e. The van der Waals surface area contributed by atoms with E-state index in [0.717, 1.165) is 44.8 Å². The van der Waals surface area contributed by atoms with Crippen LogP contribution in [-0.4, -0.2) is 48.5 Å². The number of rotatable bonds is 7. The van der Waals surface area contributed by atoms with Gasteiger partial charge in [-0.3, -0.25) is 9.69 Å². The molecular formula is C22H28N4O. The van der Waals surface area contributed by atoms with E-state index in [1.807, 2.05) is 31.3 Å². The van der Waals surface area contributed by atoms with Crippen LogP contribution in [0.15, 0.2) is 54.7 Å². The predicted octanol–water partition coefficient (Wildman–Crippen LogP) is 3.66. The number of aromatic nitrogens is 1. The topological polar surface area (TPSA) is 48.5 Å². The Balaban J connectivity index is 1.44. The van der Waals surface area contributed by atoms with Crippen molar-refractivity contribution >= 4 is 23.5 Å². The number of hydrogen-bond donors (Lipinski definition) is 1. The minimum absolute atomic E-state index is 0.0231. The zero-order chi connectivity index (χ0) is 18.9. The maximum atomic E-state index is 11.6. The van der Waals surface area contributed by atoms with Crippen molar-refractivity contribution in [3.63, 3.8) is 0 Å². The Hall–Kier alpha value is -2.66. The zero-order valence-corrected chi connectivity index (χ0v) is 16.0. The molecule has 1 aliphatic rings. The largest absolute Gasteiger partial charge is 0.368 e. The maximum absolute atomic E-state index is 11.6. The average molecular weight is 364 g/mol. The second kappa shape index (κ2) is 9.88. The van der Waals surface area contributed by atoms with Crippen molar-refractivity contribution in [2.45, 2.75) is 19.8 Å². The molecule has 1 aliphatic heterocycles. The molecule has 1 amide bonds. The number of carbonyl (C=O) groups excluding carboxylic acids is 1. The molecule has 1 aromatic heterocycles. The predicted molar refractivity (Wildman–Crippen MR) is 112 cm³/mol. The summed E-state index contributed by atoms with van der Waals surface area (Å²) in [5, 5.41) is 2.83. The Kier molecular flexibility index (Phi) is 6.99. The standard InChI is InChI=1S/C22H28N4O/c1-2-7-22(27)24-21-12-11-20(18-23-21)26-16-14-25(15-17-26)13-6-10-19-8-4-3-5-9-19/h3-6,8-12,18H,2,7,13-17H2,1H3,(H,23,24,27)/b10-6+. The highest BCUT2D eigenvalue weighted by Gasteiger charge is 2.16. The summed E-state index contributed by atoms with van der Waals surface area (Å²) in [5.41, 5.74) is 2.36. The molecule has 0 spiro atoms. The highest BCUT2D eigenvalue weighted by molar-refractivity contribution is 5.89. The number of carbonyl (C=O) groups is 1. The second-order valence-electron chi connectivity index (χ2n) is 6.80. The third-order valence-corrected chi connectivity index (χ3v) is 4.70. The third kappa shape index (κ3) is 5.93. The normalized spacial score (nSPS) is 15.2. The molecule has 27 heavy (non-hydrogen) atoms. The molecule has 0 aliphatic carbocycles. The van der Waals surface area contributed by atoms with Gasteiger partial charge in [0.25, 0.3) is 0 Å². The van der Waals surface area contributed by atoms with Gasteiger partial charge in [0.05, 0.1) is 11.9 Å². The summed E-state index contributed by atoms with van der Waals surface area (Å²) in [5.74, 6) is 0.650. The molecule has 1 aromatic carbocycles. The minimum Gasteiger partial charge on any atom is -0.368 e. The quantitative estimate of drug-likeness (QED) is 0.815. The number of hydrogen-bond acceptors (Lipinski definition) is 4. The van der Waals surface area contributed by atoms with Crippen molar-refractivity contribution in [1.82, 2.24) is 9.88 Å². The van der Waals surface area contributed by atoms with Crippen LogP contribution < -0.4 is 10.2 Å². The van der Waals surface area contributed by atoms with Crippen molar-refractivity contribution in [2.75, 3.05) is 42.9 Å². The van der Waals surface area contributed by atoms with Crippen molar-refractivity contribution in [3.05, 3.63) is 60.3 Å². The highest BCUT2D eigenvalue weighted by Crippen LogP contribution is 2.17. The van der Waals surface area contributed by atoms with E-state index < -0.39 is 0 Å². The van der Waals surface area contributed by atoms with E-state index in [0.29, 0.717) is 12.2 Å². The number of anilines is 2. The lowest BCUT2D eigenvalue weighted by Gasteiger charge is -2.35. The van der Waals surface area contributed by atoms with Crippen molar-refractivity contribution < 1.29 is 4.79 Å². The molecule has 0 radical (unpaired) electrons. The van der Waals surface area contributed by atoms with Crippen LogP contribution in [0.3, 0.4) is 0 Å². The average Bonchev–Trinajstić information content (AvgIpc) is 2.70. The Bertz CT molecular complexity index is 735. The zero-order valence-electron chi connectivity index (χ0n) is 16.0. The minimum atomic E-state index is 0.0231. The van der Waals surface area contributed by atoms with Gasteiger partial charge in [-0.25, -0.2) is 4.98 Å². The molecule has 1 fully saturated rings. The number of piperazine rings is 1. The van der Waals surface area contributed by atoms with Gasteiger partial charge >= 0.3 is 0 Å². The van der Waals surface area contributed by atoms with Gasteiger partial charge in [0.15, 0.2) is 0 Å². The molecular weight excluding hydrogens is 336 g/mol. The van der Waals surface area contributed by atoms with Crippen LogP contribution in [0, 0.1) is 0 Å². The van der Waals surface area contributed by atoms with Gasteiger partial charge in [0.2, 0.25) is 5.91 Å². The lowest BCUT2D eigenvalue weighted by atomic mass is 10.2. The Morgan fingerprint density at radius 1 is 1.11 bits per heavy atom. The molecule has 2 aromatic rings. The summed E-state index contributed by atoms with van der Waals surface area (Å²) < 4.78 is 0. The molecule has 1 N–H and O–H groups in total. The fourth-order valence-electron chi connectivity index (χ4n) is 3.17. The Labute approximate surface area is 161 Å². The van der Waals surface area contributed by atoms with Crippen LogP contribution in [0.25, 0.3) is 6.08 Å². The first-order valence-electron chi connectivity index (χ1n) is 9.69. The van der Waals surface area contributed by atoms with E-state index in [1.165, 1.54) is 5.56 Å². The monoisotopic (exact) mass is 364 g/mol. The molecule has 5 heteroatoms. The SMILES string of the molecule is CCCC(=O)Nc1ccc(N2CCN(C/C=C/c3ccccc3)CC2)cn1. The first-order valence-corrected chi connectivity index (χ1v) is 9.69. The molecule has 0 unspecified atom stereocenters. The molecule has 5 nitrogen and oxygen atoms in total. The molecule has 3 rings (SSSR count). The van der Waals surface area contributed by atoms with Crippen molar-refractivity contribution in [3.8, 4) is 0 Å². The van der Waals surface area contributed by atoms with Gasteiger partial charge in [-0.15, -0.1) is 0 Å². The van der Waals surface area contributed by atoms with Crippen LogP contribution >= 0.6 is 0 Å². The summed E-state index contributed by atoms with van der Waals surface area (Å²) >= 11 is 0. The van der Waals surface area contributed by atoms with E-state index >= 15 is 0 Å². The maximum Gasteiger partial charge on any atom is 0.225 e. The summed E-state index contributed by atoms with van der Waals surface area (Å²) in [6, 6.07) is 14.3. The van der Waals surface area contributed by atoms with Gasteiger partial charge in [-0.2, -0.15) is 0 Å². The van der Waals surface area contributed by atoms with Crippen LogP contribution in [0.4, 0.5) is 11.5 Å². The Morgan fingerprint density at radius 2 is 1.89 bits per heavy atom. The van der Waals surface area contributed by atoms with Gasteiger partial charge < -0.3 is 10.2 Å². The van der Waals surface area contributed by atoms with E-state index in [9.17, 15) is 4.79 Å². The van der Waals surface area contributed by atoms with E-state index in [1.54, 1.807) is 0 Å². The number of pyridine rings is 1. The Morgan fingerprint density at radius 3 is 2.56 bits per heavy atom. The first-order chi connectivity index (χ1) is 13.2. The number of nitrogens with zero attached hydrogens (tertiary/aromatic N) is 3. The number of amides is 1. The summed E-state index contributed by atoms with van der Waals surface area (Å²) in [6.07, 6.45) is 7.65. The van der Waals surface area contributed by atoms with E-state index in [4.69, 9.17) is 0 Å². The van der Waals surface area contributed by atoms with E-state index in [-0.39, 0.29) is 5.91 Å². The summed E-state index contributed by atoms with van der Waals surface area (Å²) in [6.45, 7) is 7.02. The van der Waals surface area contributed by atoms with Gasteiger partial charge in [0.1, 0.15) is 5.82 Å². The number of nitrogens with one attached hydrogen (secondary N) is 1. The summed E-state index contributed by atoms with van der Waals surface area (Å²) in [7, 11) is 0. The van der Waals surface area contributed by atoms with E-state index in [2.05, 4.69) is 56.5 Å². The van der Waals surface area contributed by atoms with Gasteiger partial charge in [0, 0.05) is 39.1 Å². The number of benzene rings is 1. The van der Waals surface area contributed by atoms with Crippen LogP contribution in [0.5, 0.6) is 0 Å². The fourth-order valence-corrected chi connectivity index (χ4v) is 3.17. The van der Waals surface area contributed by atoms with Crippen LogP contribution in [0.1, 0.15) is 25.3 Å².